The first-order chi connectivity index (χ1) is 7.60. The van der Waals surface area contributed by atoms with Gasteiger partial charge in [0.25, 0.3) is 4.87 Å². The van der Waals surface area contributed by atoms with Crippen LogP contribution in [0.3, 0.4) is 0 Å². The Balaban J connectivity index is 2.10. The molecule has 0 spiro atoms. The third-order valence-corrected chi connectivity index (χ3v) is 3.74. The summed E-state index contributed by atoms with van der Waals surface area (Å²) < 4.78 is 5.07. The predicted octanol–water partition coefficient (Wildman–Crippen LogP) is 2.56. The van der Waals surface area contributed by atoms with Gasteiger partial charge in [-0.25, -0.2) is 0 Å². The van der Waals surface area contributed by atoms with Crippen molar-refractivity contribution in [3.05, 3.63) is 40.4 Å². The van der Waals surface area contributed by atoms with E-state index in [0.717, 1.165) is 4.90 Å². The van der Waals surface area contributed by atoms with Gasteiger partial charge in [-0.2, -0.15) is 0 Å². The summed E-state index contributed by atoms with van der Waals surface area (Å²) in [6.45, 7) is 2.31. The van der Waals surface area contributed by atoms with Crippen LogP contribution >= 0.6 is 11.8 Å². The van der Waals surface area contributed by atoms with Gasteiger partial charge in [-0.3, -0.25) is 10.1 Å². The lowest BCUT2D eigenvalue weighted by Gasteiger charge is -2.19. The van der Waals surface area contributed by atoms with Crippen LogP contribution < -0.4 is 0 Å². The van der Waals surface area contributed by atoms with Crippen molar-refractivity contribution in [3.8, 4) is 0 Å². The van der Waals surface area contributed by atoms with Crippen molar-refractivity contribution in [2.24, 2.45) is 0 Å². The number of hydrogen-bond acceptors (Lipinski definition) is 4. The number of nitro groups is 1. The second-order valence-corrected chi connectivity index (χ2v) is 5.56. The molecule has 2 rings (SSSR count). The summed E-state index contributed by atoms with van der Waals surface area (Å²) in [6, 6.07) is 9.45. The average molecular weight is 239 g/mol. The highest BCUT2D eigenvalue weighted by molar-refractivity contribution is 8.00. The molecule has 0 bridgehead atoms. The molecule has 2 unspecified atom stereocenters. The van der Waals surface area contributed by atoms with E-state index in [0.29, 0.717) is 13.0 Å². The Morgan fingerprint density at radius 3 is 2.69 bits per heavy atom. The van der Waals surface area contributed by atoms with Crippen molar-refractivity contribution < 1.29 is 9.66 Å². The lowest BCUT2D eigenvalue weighted by atomic mass is 10.2. The van der Waals surface area contributed by atoms with E-state index in [-0.39, 0.29) is 11.0 Å². The second kappa shape index (κ2) is 4.43. The topological polar surface area (TPSA) is 55.7 Å². The van der Waals surface area contributed by atoms with Gasteiger partial charge in [-0.05, 0) is 23.9 Å². The predicted molar refractivity (Wildman–Crippen MR) is 62.1 cm³/mol. The molecule has 1 saturated heterocycles. The molecule has 0 aromatic heterocycles. The summed E-state index contributed by atoms with van der Waals surface area (Å²) >= 11 is 1.29. The van der Waals surface area contributed by atoms with Crippen LogP contribution in [0.4, 0.5) is 0 Å². The number of thioether (sulfide) groups is 1. The van der Waals surface area contributed by atoms with Crippen LogP contribution in [0.1, 0.15) is 13.3 Å². The number of hydrogen-bond donors (Lipinski definition) is 0. The van der Waals surface area contributed by atoms with E-state index in [1.54, 1.807) is 6.92 Å². The van der Waals surface area contributed by atoms with E-state index in [1.807, 2.05) is 30.3 Å². The van der Waals surface area contributed by atoms with E-state index in [1.165, 1.54) is 11.8 Å². The zero-order valence-corrected chi connectivity index (χ0v) is 9.78. The minimum Gasteiger partial charge on any atom is -0.373 e. The lowest BCUT2D eigenvalue weighted by molar-refractivity contribution is -0.535. The van der Waals surface area contributed by atoms with E-state index in [9.17, 15) is 10.1 Å². The largest absolute Gasteiger partial charge is 0.373 e. The quantitative estimate of drug-likeness (QED) is 0.260. The highest BCUT2D eigenvalue weighted by atomic mass is 32.2. The number of nitrogens with zero attached hydrogens (tertiary/aromatic N) is 1. The Kier molecular flexibility index (Phi) is 3.16. The standard InChI is InChI=1S/C11H13NO3S/c1-11(12(13)14,7-9-8-15-9)16-10-5-3-2-4-6-10/h2-6,9H,7-8H2,1H3. The molecule has 0 N–H and O–H groups in total. The minimum absolute atomic E-state index is 0.0617. The lowest BCUT2D eigenvalue weighted by Crippen LogP contribution is -2.32. The van der Waals surface area contributed by atoms with Crippen LogP contribution in [0.2, 0.25) is 0 Å². The summed E-state index contributed by atoms with van der Waals surface area (Å²) in [5.41, 5.74) is 0. The molecule has 5 heteroatoms. The molecule has 1 aliphatic heterocycles. The first-order valence-electron chi connectivity index (χ1n) is 5.10. The molecule has 0 aliphatic carbocycles. The fourth-order valence-electron chi connectivity index (χ4n) is 1.50. The molecule has 1 aromatic rings. The van der Waals surface area contributed by atoms with Gasteiger partial charge >= 0.3 is 0 Å². The van der Waals surface area contributed by atoms with Crippen molar-refractivity contribution in [2.75, 3.05) is 6.61 Å². The van der Waals surface area contributed by atoms with Gasteiger partial charge in [0, 0.05) is 16.7 Å². The van der Waals surface area contributed by atoms with Crippen LogP contribution in [0.15, 0.2) is 35.2 Å². The van der Waals surface area contributed by atoms with Crippen LogP contribution in [-0.4, -0.2) is 22.5 Å². The van der Waals surface area contributed by atoms with Gasteiger partial charge in [-0.15, -0.1) is 0 Å². The Labute approximate surface area is 98.1 Å². The fourth-order valence-corrected chi connectivity index (χ4v) is 2.65. The molecule has 4 nitrogen and oxygen atoms in total. The van der Waals surface area contributed by atoms with Gasteiger partial charge < -0.3 is 4.74 Å². The molecule has 1 fully saturated rings. The van der Waals surface area contributed by atoms with Crippen molar-refractivity contribution in [2.45, 2.75) is 29.2 Å². The van der Waals surface area contributed by atoms with Crippen LogP contribution in [0, 0.1) is 10.1 Å². The number of rotatable bonds is 5. The van der Waals surface area contributed by atoms with Crippen molar-refractivity contribution in [1.29, 1.82) is 0 Å². The molecule has 0 amide bonds. The molecule has 16 heavy (non-hydrogen) atoms. The Bertz CT molecular complexity index is 380. The number of benzene rings is 1. The number of epoxide rings is 1. The maximum Gasteiger partial charge on any atom is 0.271 e. The molecule has 2 atom stereocenters. The van der Waals surface area contributed by atoms with E-state index < -0.39 is 4.87 Å². The summed E-state index contributed by atoms with van der Waals surface area (Å²) in [7, 11) is 0. The molecular formula is C11H13NO3S. The SMILES string of the molecule is CC(CC1CO1)(Sc1ccccc1)[N+](=O)[O-]. The molecule has 0 radical (unpaired) electrons. The second-order valence-electron chi connectivity index (χ2n) is 4.01. The molecule has 0 saturated carbocycles. The molecule has 1 aromatic carbocycles. The van der Waals surface area contributed by atoms with Crippen molar-refractivity contribution >= 4 is 11.8 Å². The van der Waals surface area contributed by atoms with Gasteiger partial charge in [0.15, 0.2) is 0 Å². The summed E-state index contributed by atoms with van der Waals surface area (Å²) in [5.74, 6) is 0. The first kappa shape index (κ1) is 11.4. The van der Waals surface area contributed by atoms with Crippen LogP contribution in [0.25, 0.3) is 0 Å². The molecule has 1 heterocycles. The van der Waals surface area contributed by atoms with Gasteiger partial charge in [-0.1, -0.05) is 18.2 Å². The van der Waals surface area contributed by atoms with Gasteiger partial charge in [0.2, 0.25) is 0 Å². The normalized spacial score (nSPS) is 22.4. The van der Waals surface area contributed by atoms with E-state index in [2.05, 4.69) is 0 Å². The van der Waals surface area contributed by atoms with Crippen molar-refractivity contribution in [1.82, 2.24) is 0 Å². The van der Waals surface area contributed by atoms with Crippen molar-refractivity contribution in [3.63, 3.8) is 0 Å². The monoisotopic (exact) mass is 239 g/mol. The Morgan fingerprint density at radius 1 is 1.56 bits per heavy atom. The van der Waals surface area contributed by atoms with Crippen LogP contribution in [-0.2, 0) is 4.74 Å². The minimum atomic E-state index is -0.998. The highest BCUT2D eigenvalue weighted by Crippen LogP contribution is 2.39. The number of ether oxygens (including phenoxy) is 1. The smallest absolute Gasteiger partial charge is 0.271 e. The molecule has 86 valence electrons. The summed E-state index contributed by atoms with van der Waals surface area (Å²) in [5, 5.41) is 11.1. The molecule has 1 aliphatic rings. The average Bonchev–Trinajstić information content (AvgIpc) is 3.02. The maximum atomic E-state index is 11.1. The zero-order chi connectivity index (χ0) is 11.6. The summed E-state index contributed by atoms with van der Waals surface area (Å²) in [4.78, 5) is 10.8. The van der Waals surface area contributed by atoms with Gasteiger partial charge in [0.05, 0.1) is 19.1 Å². The third-order valence-electron chi connectivity index (χ3n) is 2.48. The highest BCUT2D eigenvalue weighted by Gasteiger charge is 2.44. The Hall–Kier alpha value is -1.07. The van der Waals surface area contributed by atoms with Gasteiger partial charge in [0.1, 0.15) is 0 Å². The fraction of sp³-hybridized carbons (Fsp3) is 0.455. The first-order valence-corrected chi connectivity index (χ1v) is 5.92. The third kappa shape index (κ3) is 2.74. The maximum absolute atomic E-state index is 11.1. The van der Waals surface area contributed by atoms with E-state index in [4.69, 9.17) is 4.74 Å². The Morgan fingerprint density at radius 2 is 2.19 bits per heavy atom. The van der Waals surface area contributed by atoms with E-state index >= 15 is 0 Å². The molecular weight excluding hydrogens is 226 g/mol. The summed E-state index contributed by atoms with van der Waals surface area (Å²) in [6.07, 6.45) is 0.520. The van der Waals surface area contributed by atoms with Crippen LogP contribution in [0.5, 0.6) is 0 Å². The zero-order valence-electron chi connectivity index (χ0n) is 8.96.